The zero-order valence-electron chi connectivity index (χ0n) is 12.3. The molecule has 23 heavy (non-hydrogen) atoms. The normalized spacial score (nSPS) is 12.2. The highest BCUT2D eigenvalue weighted by molar-refractivity contribution is 5.96. The van der Waals surface area contributed by atoms with Crippen molar-refractivity contribution in [2.45, 2.75) is 13.0 Å². The van der Waals surface area contributed by atoms with Crippen LogP contribution in [0.25, 0.3) is 11.0 Å². The number of nitrogens with one attached hydrogen (secondary N) is 4. The molecule has 0 saturated carbocycles. The molecule has 2 amide bonds. The molecule has 0 bridgehead atoms. The second-order valence-corrected chi connectivity index (χ2v) is 5.23. The fourth-order valence-corrected chi connectivity index (χ4v) is 2.35. The van der Waals surface area contributed by atoms with E-state index >= 15 is 0 Å². The first-order chi connectivity index (χ1) is 10.9. The lowest BCUT2D eigenvalue weighted by molar-refractivity contribution is 0.0935. The summed E-state index contributed by atoms with van der Waals surface area (Å²) in [4.78, 5) is 42.5. The van der Waals surface area contributed by atoms with Gasteiger partial charge in [-0.2, -0.15) is 0 Å². The van der Waals surface area contributed by atoms with Crippen molar-refractivity contribution in [2.24, 2.45) is 5.73 Å². The van der Waals surface area contributed by atoms with E-state index in [4.69, 9.17) is 5.73 Å². The fourth-order valence-electron chi connectivity index (χ4n) is 2.35. The Morgan fingerprint density at radius 1 is 1.04 bits per heavy atom. The Morgan fingerprint density at radius 2 is 1.74 bits per heavy atom. The third-order valence-corrected chi connectivity index (χ3v) is 3.58. The van der Waals surface area contributed by atoms with E-state index < -0.39 is 5.91 Å². The maximum Gasteiger partial charge on any atom is 0.323 e. The van der Waals surface area contributed by atoms with Crippen LogP contribution in [-0.2, 0) is 0 Å². The number of H-pyrrole nitrogens is 3. The van der Waals surface area contributed by atoms with Crippen molar-refractivity contribution in [1.29, 1.82) is 0 Å². The lowest BCUT2D eigenvalue weighted by Gasteiger charge is -2.13. The summed E-state index contributed by atoms with van der Waals surface area (Å²) in [5, 5.41) is 2.81. The molecule has 6 N–H and O–H groups in total. The number of nitrogens with two attached hydrogens (primary N) is 1. The first-order valence-corrected chi connectivity index (χ1v) is 6.95. The number of carbonyl (C=O) groups excluding carboxylic acids is 2. The summed E-state index contributed by atoms with van der Waals surface area (Å²) in [7, 11) is 0. The van der Waals surface area contributed by atoms with Crippen LogP contribution < -0.4 is 16.7 Å². The molecule has 3 rings (SSSR count). The van der Waals surface area contributed by atoms with Gasteiger partial charge in [0.05, 0.1) is 17.1 Å². The molecule has 0 aliphatic rings. The molecule has 118 valence electrons. The van der Waals surface area contributed by atoms with Crippen LogP contribution in [0.5, 0.6) is 0 Å². The van der Waals surface area contributed by atoms with E-state index in [0.29, 0.717) is 11.0 Å². The first-order valence-electron chi connectivity index (χ1n) is 6.95. The van der Waals surface area contributed by atoms with Gasteiger partial charge in [-0.05, 0) is 36.8 Å². The van der Waals surface area contributed by atoms with Crippen LogP contribution in [0.4, 0.5) is 0 Å². The first kappa shape index (κ1) is 14.6. The summed E-state index contributed by atoms with van der Waals surface area (Å²) in [6.07, 6.45) is 0. The monoisotopic (exact) mass is 313 g/mol. The van der Waals surface area contributed by atoms with Gasteiger partial charge in [0.25, 0.3) is 11.8 Å². The second kappa shape index (κ2) is 5.48. The third-order valence-electron chi connectivity index (χ3n) is 3.58. The lowest BCUT2D eigenvalue weighted by Crippen LogP contribution is -2.27. The van der Waals surface area contributed by atoms with Gasteiger partial charge in [-0.1, -0.05) is 6.07 Å². The molecule has 1 atom stereocenters. The number of benzene rings is 1. The van der Waals surface area contributed by atoms with E-state index in [1.807, 2.05) is 13.0 Å². The number of carbonyl (C=O) groups is 2. The number of imidazole rings is 1. The van der Waals surface area contributed by atoms with E-state index in [1.54, 1.807) is 12.1 Å². The largest absolute Gasteiger partial charge is 0.364 e. The van der Waals surface area contributed by atoms with Crippen molar-refractivity contribution < 1.29 is 9.59 Å². The topological polar surface area (TPSA) is 137 Å². The van der Waals surface area contributed by atoms with E-state index in [2.05, 4.69) is 20.3 Å². The SMILES string of the molecule is CC(NC(=O)c1ccc(C(N)=O)[nH]1)c1ccc2[nH]c(=O)[nH]c2c1. The molecule has 1 unspecified atom stereocenters. The second-order valence-electron chi connectivity index (χ2n) is 5.23. The number of fused-ring (bicyclic) bond motifs is 1. The Hall–Kier alpha value is -3.29. The van der Waals surface area contributed by atoms with Crippen molar-refractivity contribution in [3.63, 3.8) is 0 Å². The minimum atomic E-state index is -0.626. The Balaban J connectivity index is 1.78. The van der Waals surface area contributed by atoms with Gasteiger partial charge < -0.3 is 26.0 Å². The minimum Gasteiger partial charge on any atom is -0.364 e. The highest BCUT2D eigenvalue weighted by Crippen LogP contribution is 2.17. The zero-order valence-corrected chi connectivity index (χ0v) is 12.3. The van der Waals surface area contributed by atoms with Crippen molar-refractivity contribution in [3.05, 3.63) is 57.8 Å². The smallest absolute Gasteiger partial charge is 0.323 e. The van der Waals surface area contributed by atoms with Crippen LogP contribution in [0.1, 0.15) is 39.5 Å². The summed E-state index contributed by atoms with van der Waals surface area (Å²) in [6, 6.07) is 8.05. The predicted octanol–water partition coefficient (Wildman–Crippen LogP) is 0.774. The molecule has 3 aromatic rings. The van der Waals surface area contributed by atoms with Crippen molar-refractivity contribution >= 4 is 22.8 Å². The minimum absolute atomic E-state index is 0.175. The standard InChI is InChI=1S/C15H15N5O3/c1-7(8-2-3-9-12(6-8)20-15(23)19-9)17-14(22)11-5-4-10(18-11)13(16)21/h2-7,18H,1H3,(H2,16,21)(H,17,22)(H2,19,20,23). The van der Waals surface area contributed by atoms with Crippen LogP contribution in [-0.4, -0.2) is 26.8 Å². The number of primary amides is 1. The quantitative estimate of drug-likeness (QED) is 0.486. The summed E-state index contributed by atoms with van der Waals surface area (Å²) >= 11 is 0. The summed E-state index contributed by atoms with van der Waals surface area (Å²) < 4.78 is 0. The number of aromatic nitrogens is 3. The molecular formula is C15H15N5O3. The molecule has 1 aromatic carbocycles. The van der Waals surface area contributed by atoms with Gasteiger partial charge in [0.15, 0.2) is 0 Å². The number of hydrogen-bond acceptors (Lipinski definition) is 3. The predicted molar refractivity (Wildman–Crippen MR) is 84.1 cm³/mol. The van der Waals surface area contributed by atoms with Crippen LogP contribution >= 0.6 is 0 Å². The molecule has 0 aliphatic carbocycles. The van der Waals surface area contributed by atoms with Gasteiger partial charge in [-0.25, -0.2) is 4.79 Å². The Bertz CT molecular complexity index is 949. The molecule has 2 aromatic heterocycles. The molecule has 8 heteroatoms. The van der Waals surface area contributed by atoms with E-state index in [1.165, 1.54) is 12.1 Å². The molecule has 8 nitrogen and oxygen atoms in total. The fraction of sp³-hybridized carbons (Fsp3) is 0.133. The number of rotatable bonds is 4. The molecule has 0 aliphatic heterocycles. The third kappa shape index (κ3) is 2.86. The van der Waals surface area contributed by atoms with Crippen LogP contribution in [0, 0.1) is 0 Å². The average Bonchev–Trinajstić information content (AvgIpc) is 3.11. The van der Waals surface area contributed by atoms with Gasteiger partial charge in [0.1, 0.15) is 11.4 Å². The van der Waals surface area contributed by atoms with E-state index in [-0.39, 0.29) is 29.0 Å². The van der Waals surface area contributed by atoms with Gasteiger partial charge in [-0.15, -0.1) is 0 Å². The van der Waals surface area contributed by atoms with Gasteiger partial charge in [0.2, 0.25) is 0 Å². The van der Waals surface area contributed by atoms with Gasteiger partial charge in [0, 0.05) is 0 Å². The molecule has 0 radical (unpaired) electrons. The lowest BCUT2D eigenvalue weighted by atomic mass is 10.1. The maximum absolute atomic E-state index is 12.2. The number of hydrogen-bond donors (Lipinski definition) is 5. The van der Waals surface area contributed by atoms with Crippen molar-refractivity contribution in [1.82, 2.24) is 20.3 Å². The number of aromatic amines is 3. The van der Waals surface area contributed by atoms with E-state index in [0.717, 1.165) is 5.56 Å². The highest BCUT2D eigenvalue weighted by atomic mass is 16.2. The molecule has 0 saturated heterocycles. The molecule has 0 spiro atoms. The summed E-state index contributed by atoms with van der Waals surface area (Å²) in [5.74, 6) is -0.980. The van der Waals surface area contributed by atoms with Gasteiger partial charge in [-0.3, -0.25) is 9.59 Å². The highest BCUT2D eigenvalue weighted by Gasteiger charge is 2.15. The average molecular weight is 313 g/mol. The van der Waals surface area contributed by atoms with Gasteiger partial charge >= 0.3 is 5.69 Å². The zero-order chi connectivity index (χ0) is 16.6. The Kier molecular flexibility index (Phi) is 3.49. The maximum atomic E-state index is 12.2. The Morgan fingerprint density at radius 3 is 2.43 bits per heavy atom. The van der Waals surface area contributed by atoms with Crippen molar-refractivity contribution in [2.75, 3.05) is 0 Å². The summed E-state index contributed by atoms with van der Waals surface area (Å²) in [6.45, 7) is 1.82. The van der Waals surface area contributed by atoms with Crippen LogP contribution in [0.2, 0.25) is 0 Å². The van der Waals surface area contributed by atoms with Crippen LogP contribution in [0.15, 0.2) is 35.1 Å². The summed E-state index contributed by atoms with van der Waals surface area (Å²) in [5.41, 5.74) is 7.50. The molecular weight excluding hydrogens is 298 g/mol. The molecule has 2 heterocycles. The van der Waals surface area contributed by atoms with Crippen molar-refractivity contribution in [3.8, 4) is 0 Å². The Labute approximate surface area is 130 Å². The van der Waals surface area contributed by atoms with E-state index in [9.17, 15) is 14.4 Å². The van der Waals surface area contributed by atoms with Crippen LogP contribution in [0.3, 0.4) is 0 Å². The molecule has 0 fully saturated rings. The number of amides is 2.